The van der Waals surface area contributed by atoms with Gasteiger partial charge >= 0.3 is 0 Å². The average Bonchev–Trinajstić information content (AvgIpc) is 2.61. The van der Waals surface area contributed by atoms with Gasteiger partial charge < -0.3 is 14.8 Å². The van der Waals surface area contributed by atoms with Crippen LogP contribution in [0.15, 0.2) is 48.5 Å². The van der Waals surface area contributed by atoms with Crippen LogP contribution in [0.25, 0.3) is 0 Å². The summed E-state index contributed by atoms with van der Waals surface area (Å²) in [4.78, 5) is 12.2. The molecule has 1 aliphatic rings. The van der Waals surface area contributed by atoms with Crippen molar-refractivity contribution in [3.8, 4) is 11.5 Å². The van der Waals surface area contributed by atoms with Crippen molar-refractivity contribution in [2.75, 3.05) is 11.9 Å². The molecule has 1 heterocycles. The highest BCUT2D eigenvalue weighted by Crippen LogP contribution is 2.30. The van der Waals surface area contributed by atoms with E-state index in [1.165, 1.54) is 0 Å². The highest BCUT2D eigenvalue weighted by atomic mass is 32.1. The van der Waals surface area contributed by atoms with Crippen molar-refractivity contribution in [2.45, 2.75) is 13.0 Å². The molecule has 3 N–H and O–H groups in total. The lowest BCUT2D eigenvalue weighted by Crippen LogP contribution is -2.51. The normalized spacial score (nSPS) is 15.3. The van der Waals surface area contributed by atoms with Crippen LogP contribution >= 0.6 is 12.2 Å². The Morgan fingerprint density at radius 3 is 2.58 bits per heavy atom. The molecule has 24 heavy (non-hydrogen) atoms. The van der Waals surface area contributed by atoms with Crippen molar-refractivity contribution in [1.29, 1.82) is 0 Å². The van der Waals surface area contributed by atoms with Crippen LogP contribution in [0.4, 0.5) is 5.69 Å². The van der Waals surface area contributed by atoms with Crippen LogP contribution in [0.2, 0.25) is 0 Å². The number of benzene rings is 2. The molecule has 0 aliphatic carbocycles. The molecule has 1 atom stereocenters. The van der Waals surface area contributed by atoms with Gasteiger partial charge in [0, 0.05) is 5.69 Å². The largest absolute Gasteiger partial charge is 0.485 e. The summed E-state index contributed by atoms with van der Waals surface area (Å²) in [6.07, 6.45) is -0.742. The third kappa shape index (κ3) is 3.75. The predicted octanol–water partition coefficient (Wildman–Crippen LogP) is 2.15. The van der Waals surface area contributed by atoms with Crippen molar-refractivity contribution >= 4 is 28.9 Å². The van der Waals surface area contributed by atoms with Gasteiger partial charge in [-0.2, -0.15) is 0 Å². The van der Waals surface area contributed by atoms with E-state index < -0.39 is 6.10 Å². The number of anilines is 1. The van der Waals surface area contributed by atoms with Crippen molar-refractivity contribution in [3.05, 3.63) is 54.1 Å². The molecule has 1 aliphatic heterocycles. The average molecular weight is 343 g/mol. The maximum absolute atomic E-state index is 12.2. The van der Waals surface area contributed by atoms with Gasteiger partial charge in [0.2, 0.25) is 6.10 Å². The second kappa shape index (κ2) is 7.18. The zero-order chi connectivity index (χ0) is 16.9. The Morgan fingerprint density at radius 2 is 1.79 bits per heavy atom. The van der Waals surface area contributed by atoms with Crippen LogP contribution in [0.1, 0.15) is 5.56 Å². The molecule has 6 nitrogen and oxygen atoms in total. The number of ether oxygens (including phenoxy) is 2. The molecule has 2 aromatic carbocycles. The molecule has 1 amide bonds. The summed E-state index contributed by atoms with van der Waals surface area (Å²) in [5, 5.41) is 3.30. The van der Waals surface area contributed by atoms with Crippen LogP contribution in [0, 0.1) is 6.92 Å². The summed E-state index contributed by atoms with van der Waals surface area (Å²) in [5.41, 5.74) is 7.11. The van der Waals surface area contributed by atoms with Gasteiger partial charge in [-0.1, -0.05) is 30.3 Å². The smallest absolute Gasteiger partial charge is 0.283 e. The number of fused-ring (bicyclic) bond motifs is 1. The Morgan fingerprint density at radius 1 is 1.08 bits per heavy atom. The summed E-state index contributed by atoms with van der Waals surface area (Å²) >= 11 is 5.17. The van der Waals surface area contributed by atoms with Crippen LogP contribution in [-0.2, 0) is 4.79 Å². The molecule has 0 aromatic heterocycles. The molecule has 0 fully saturated rings. The Labute approximate surface area is 145 Å². The van der Waals surface area contributed by atoms with Gasteiger partial charge in [0.05, 0.1) is 0 Å². The molecule has 0 radical (unpaired) electrons. The standard InChI is InChI=1S/C17H17N3O3S/c1-11-6-2-3-7-12(11)18-17(24)20-19-16(21)15-10-22-13-8-4-5-9-14(13)23-15/h2-9,15H,10H2,1H3,(H,19,21)(H2,18,20,24). The van der Waals surface area contributed by atoms with E-state index in [0.717, 1.165) is 11.3 Å². The molecular formula is C17H17N3O3S. The fourth-order valence-electron chi connectivity index (χ4n) is 2.21. The summed E-state index contributed by atoms with van der Waals surface area (Å²) in [5.74, 6) is 0.814. The second-order valence-corrected chi connectivity index (χ2v) is 5.66. The van der Waals surface area contributed by atoms with E-state index in [2.05, 4.69) is 16.2 Å². The number of hydrogen-bond acceptors (Lipinski definition) is 4. The number of para-hydroxylation sites is 3. The first-order valence-corrected chi connectivity index (χ1v) is 7.85. The molecule has 1 unspecified atom stereocenters. The van der Waals surface area contributed by atoms with Gasteiger partial charge in [-0.15, -0.1) is 0 Å². The highest BCUT2D eigenvalue weighted by Gasteiger charge is 2.27. The maximum Gasteiger partial charge on any atom is 0.283 e. The lowest BCUT2D eigenvalue weighted by Gasteiger charge is -2.25. The van der Waals surface area contributed by atoms with Gasteiger partial charge in [-0.05, 0) is 42.9 Å². The monoisotopic (exact) mass is 343 g/mol. The first kappa shape index (κ1) is 16.1. The van der Waals surface area contributed by atoms with Gasteiger partial charge in [0.25, 0.3) is 5.91 Å². The predicted molar refractivity (Wildman–Crippen MR) is 95.0 cm³/mol. The maximum atomic E-state index is 12.2. The third-order valence-electron chi connectivity index (χ3n) is 3.49. The zero-order valence-corrected chi connectivity index (χ0v) is 13.9. The number of carbonyl (C=O) groups is 1. The molecule has 0 spiro atoms. The molecule has 3 rings (SSSR count). The van der Waals surface area contributed by atoms with Crippen LogP contribution in [-0.4, -0.2) is 23.7 Å². The molecule has 2 aromatic rings. The first-order valence-electron chi connectivity index (χ1n) is 7.44. The molecular weight excluding hydrogens is 326 g/mol. The van der Waals surface area contributed by atoms with E-state index in [4.69, 9.17) is 21.7 Å². The minimum Gasteiger partial charge on any atom is -0.485 e. The number of hydrogen-bond donors (Lipinski definition) is 3. The number of hydrazine groups is 1. The number of carbonyl (C=O) groups excluding carboxylic acids is 1. The summed E-state index contributed by atoms with van der Waals surface area (Å²) in [6.45, 7) is 2.11. The third-order valence-corrected chi connectivity index (χ3v) is 3.70. The van der Waals surface area contributed by atoms with E-state index in [1.807, 2.05) is 43.3 Å². The zero-order valence-electron chi connectivity index (χ0n) is 13.0. The number of aryl methyl sites for hydroxylation is 1. The van der Waals surface area contributed by atoms with Crippen molar-refractivity contribution in [2.24, 2.45) is 0 Å². The quantitative estimate of drug-likeness (QED) is 0.573. The topological polar surface area (TPSA) is 71.6 Å². The van der Waals surface area contributed by atoms with Gasteiger partial charge in [-0.3, -0.25) is 15.6 Å². The van der Waals surface area contributed by atoms with Crippen LogP contribution < -0.4 is 25.6 Å². The number of thiocarbonyl (C=S) groups is 1. The van der Waals surface area contributed by atoms with Gasteiger partial charge in [0.1, 0.15) is 6.61 Å². The summed E-state index contributed by atoms with van der Waals surface area (Å²) < 4.78 is 11.1. The van der Waals surface area contributed by atoms with E-state index in [0.29, 0.717) is 11.5 Å². The fourth-order valence-corrected chi connectivity index (χ4v) is 2.38. The van der Waals surface area contributed by atoms with Crippen LogP contribution in [0.3, 0.4) is 0 Å². The number of rotatable bonds is 2. The number of nitrogens with one attached hydrogen (secondary N) is 3. The van der Waals surface area contributed by atoms with Gasteiger partial charge in [-0.25, -0.2) is 0 Å². The Balaban J connectivity index is 1.51. The van der Waals surface area contributed by atoms with E-state index in [-0.39, 0.29) is 17.6 Å². The Hall–Kier alpha value is -2.80. The van der Waals surface area contributed by atoms with Crippen molar-refractivity contribution in [3.63, 3.8) is 0 Å². The van der Waals surface area contributed by atoms with Crippen LogP contribution in [0.5, 0.6) is 11.5 Å². The Kier molecular flexibility index (Phi) is 4.81. The minimum absolute atomic E-state index is 0.141. The summed E-state index contributed by atoms with van der Waals surface area (Å²) in [7, 11) is 0. The molecule has 0 saturated heterocycles. The number of amides is 1. The Bertz CT molecular complexity index is 766. The van der Waals surface area contributed by atoms with Crippen molar-refractivity contribution in [1.82, 2.24) is 10.9 Å². The first-order chi connectivity index (χ1) is 11.6. The molecule has 7 heteroatoms. The lowest BCUT2D eigenvalue weighted by molar-refractivity contribution is -0.130. The molecule has 124 valence electrons. The highest BCUT2D eigenvalue weighted by molar-refractivity contribution is 7.80. The molecule has 0 saturated carbocycles. The molecule has 0 bridgehead atoms. The van der Waals surface area contributed by atoms with Gasteiger partial charge in [0.15, 0.2) is 16.6 Å². The SMILES string of the molecule is Cc1ccccc1NC(=S)NNC(=O)C1COc2ccccc2O1. The van der Waals surface area contributed by atoms with E-state index >= 15 is 0 Å². The fraction of sp³-hybridized carbons (Fsp3) is 0.176. The summed E-state index contributed by atoms with van der Waals surface area (Å²) in [6, 6.07) is 14.9. The lowest BCUT2D eigenvalue weighted by atomic mass is 10.2. The van der Waals surface area contributed by atoms with E-state index in [9.17, 15) is 4.79 Å². The van der Waals surface area contributed by atoms with Crippen molar-refractivity contribution < 1.29 is 14.3 Å². The second-order valence-electron chi connectivity index (χ2n) is 5.25. The van der Waals surface area contributed by atoms with E-state index in [1.54, 1.807) is 12.1 Å². The minimum atomic E-state index is -0.742.